The van der Waals surface area contributed by atoms with Crippen LogP contribution in [0.3, 0.4) is 0 Å². The van der Waals surface area contributed by atoms with E-state index in [1.807, 2.05) is 0 Å². The minimum absolute atomic E-state index is 0.338. The monoisotopic (exact) mass is 322 g/mol. The molecule has 0 aromatic heterocycles. The number of carbonyl (C=O) groups is 3. The lowest BCUT2D eigenvalue weighted by atomic mass is 10.1. The average molecular weight is 324 g/mol. The first kappa shape index (κ1) is 16.0. The molecule has 0 radical (unpaired) electrons. The molecule has 0 amide bonds. The fourth-order valence-electron chi connectivity index (χ4n) is 1.17. The van der Waals surface area contributed by atoms with Crippen molar-refractivity contribution >= 4 is 52.3 Å². The lowest BCUT2D eigenvalue weighted by Gasteiger charge is -2.10. The second-order valence-electron chi connectivity index (χ2n) is 3.58. The standard InChI is InChI=1S/C12H9Cl3O4/c13-12(14,15)7-19-11(18)10(17)6-9(16)8-4-2-1-3-5-8/h1-5H,6-7H2. The van der Waals surface area contributed by atoms with Gasteiger partial charge in [0.2, 0.25) is 9.58 Å². The van der Waals surface area contributed by atoms with Crippen LogP contribution in [0.15, 0.2) is 30.3 Å². The summed E-state index contributed by atoms with van der Waals surface area (Å²) in [4.78, 5) is 34.3. The summed E-state index contributed by atoms with van der Waals surface area (Å²) < 4.78 is 2.68. The summed E-state index contributed by atoms with van der Waals surface area (Å²) in [5.74, 6) is -2.66. The van der Waals surface area contributed by atoms with Crippen LogP contribution in [-0.4, -0.2) is 27.9 Å². The van der Waals surface area contributed by atoms with Gasteiger partial charge in [-0.05, 0) is 0 Å². The molecule has 19 heavy (non-hydrogen) atoms. The van der Waals surface area contributed by atoms with E-state index in [0.29, 0.717) is 5.56 Å². The Hall–Kier alpha value is -1.10. The van der Waals surface area contributed by atoms with Gasteiger partial charge < -0.3 is 4.74 Å². The van der Waals surface area contributed by atoms with Gasteiger partial charge in [-0.2, -0.15) is 0 Å². The molecular weight excluding hydrogens is 314 g/mol. The van der Waals surface area contributed by atoms with Crippen molar-refractivity contribution in [2.24, 2.45) is 0 Å². The zero-order valence-electron chi connectivity index (χ0n) is 9.57. The van der Waals surface area contributed by atoms with Gasteiger partial charge in [0.25, 0.3) is 0 Å². The van der Waals surface area contributed by atoms with E-state index in [0.717, 1.165) is 0 Å². The molecule has 0 aliphatic heterocycles. The number of ketones is 2. The number of hydrogen-bond acceptors (Lipinski definition) is 4. The smallest absolute Gasteiger partial charge is 0.375 e. The molecule has 102 valence electrons. The number of ether oxygens (including phenoxy) is 1. The second kappa shape index (κ2) is 6.89. The maximum atomic E-state index is 11.7. The number of carbonyl (C=O) groups excluding carboxylic acids is 3. The van der Waals surface area contributed by atoms with Gasteiger partial charge in [-0.1, -0.05) is 65.1 Å². The molecular formula is C12H9Cl3O4. The molecule has 0 N–H and O–H groups in total. The van der Waals surface area contributed by atoms with Crippen molar-refractivity contribution in [3.8, 4) is 0 Å². The lowest BCUT2D eigenvalue weighted by molar-refractivity contribution is -0.153. The molecule has 0 aliphatic carbocycles. The molecule has 0 saturated carbocycles. The molecule has 0 aliphatic rings. The van der Waals surface area contributed by atoms with Crippen molar-refractivity contribution < 1.29 is 19.1 Å². The van der Waals surface area contributed by atoms with Gasteiger partial charge in [0, 0.05) is 5.56 Å². The number of halogens is 3. The van der Waals surface area contributed by atoms with Gasteiger partial charge in [0.1, 0.15) is 6.61 Å². The largest absolute Gasteiger partial charge is 0.455 e. The van der Waals surface area contributed by atoms with Crippen LogP contribution in [0, 0.1) is 0 Å². The van der Waals surface area contributed by atoms with Crippen LogP contribution in [0.25, 0.3) is 0 Å². The fourth-order valence-corrected chi connectivity index (χ4v) is 1.34. The van der Waals surface area contributed by atoms with Gasteiger partial charge in [-0.3, -0.25) is 9.59 Å². The minimum Gasteiger partial charge on any atom is -0.455 e. The topological polar surface area (TPSA) is 60.4 Å². The molecule has 0 saturated heterocycles. The number of Topliss-reactive ketones (excluding diaryl/α,β-unsaturated/α-hetero) is 2. The highest BCUT2D eigenvalue weighted by molar-refractivity contribution is 6.67. The van der Waals surface area contributed by atoms with Crippen molar-refractivity contribution in [3.05, 3.63) is 35.9 Å². The predicted octanol–water partition coefficient (Wildman–Crippen LogP) is 2.74. The highest BCUT2D eigenvalue weighted by atomic mass is 35.6. The van der Waals surface area contributed by atoms with E-state index in [4.69, 9.17) is 34.8 Å². The maximum Gasteiger partial charge on any atom is 0.375 e. The van der Waals surface area contributed by atoms with E-state index >= 15 is 0 Å². The van der Waals surface area contributed by atoms with Crippen LogP contribution in [0.1, 0.15) is 16.8 Å². The summed E-state index contributed by atoms with van der Waals surface area (Å²) >= 11 is 16.1. The molecule has 7 heteroatoms. The third-order valence-corrected chi connectivity index (χ3v) is 2.34. The average Bonchev–Trinajstić information content (AvgIpc) is 2.36. The number of alkyl halides is 3. The van der Waals surface area contributed by atoms with E-state index in [1.165, 1.54) is 0 Å². The van der Waals surface area contributed by atoms with Crippen molar-refractivity contribution in [2.45, 2.75) is 10.2 Å². The second-order valence-corrected chi connectivity index (χ2v) is 6.10. The third kappa shape index (κ3) is 6.05. The van der Waals surface area contributed by atoms with Crippen molar-refractivity contribution in [1.29, 1.82) is 0 Å². The van der Waals surface area contributed by atoms with E-state index in [2.05, 4.69) is 4.74 Å². The van der Waals surface area contributed by atoms with Gasteiger partial charge in [-0.25, -0.2) is 4.79 Å². The summed E-state index contributed by atoms with van der Waals surface area (Å²) in [6, 6.07) is 8.12. The quantitative estimate of drug-likeness (QED) is 0.275. The van der Waals surface area contributed by atoms with Gasteiger partial charge in [-0.15, -0.1) is 0 Å². The molecule has 1 rings (SSSR count). The summed E-state index contributed by atoms with van der Waals surface area (Å²) in [6.45, 7) is -0.554. The summed E-state index contributed by atoms with van der Waals surface area (Å²) in [7, 11) is 0. The lowest BCUT2D eigenvalue weighted by Crippen LogP contribution is -2.25. The Balaban J connectivity index is 2.51. The van der Waals surface area contributed by atoms with Crippen LogP contribution in [-0.2, 0) is 14.3 Å². The Bertz CT molecular complexity index is 479. The third-order valence-electron chi connectivity index (χ3n) is 2.01. The van der Waals surface area contributed by atoms with E-state index in [9.17, 15) is 14.4 Å². The highest BCUT2D eigenvalue weighted by Gasteiger charge is 2.26. The van der Waals surface area contributed by atoms with Crippen LogP contribution in [0.5, 0.6) is 0 Å². The number of esters is 1. The minimum atomic E-state index is -1.79. The molecule has 0 atom stereocenters. The number of rotatable bonds is 5. The summed E-state index contributed by atoms with van der Waals surface area (Å²) in [5, 5.41) is 0. The molecule has 0 fully saturated rings. The molecule has 0 spiro atoms. The van der Waals surface area contributed by atoms with Gasteiger partial charge >= 0.3 is 5.97 Å². The zero-order valence-corrected chi connectivity index (χ0v) is 11.8. The normalized spacial score (nSPS) is 10.9. The highest BCUT2D eigenvalue weighted by Crippen LogP contribution is 2.25. The molecule has 0 heterocycles. The van der Waals surface area contributed by atoms with Gasteiger partial charge in [0.15, 0.2) is 5.78 Å². The van der Waals surface area contributed by atoms with Crippen LogP contribution < -0.4 is 0 Å². The Labute approximate surface area is 124 Å². The van der Waals surface area contributed by atoms with Crippen LogP contribution in [0.4, 0.5) is 0 Å². The van der Waals surface area contributed by atoms with Crippen LogP contribution in [0.2, 0.25) is 0 Å². The predicted molar refractivity (Wildman–Crippen MR) is 71.6 cm³/mol. The zero-order chi connectivity index (χ0) is 14.5. The molecule has 1 aromatic carbocycles. The Morgan fingerprint density at radius 1 is 1.05 bits per heavy atom. The summed E-state index contributed by atoms with van der Waals surface area (Å²) in [6.07, 6.45) is -0.581. The van der Waals surface area contributed by atoms with Crippen molar-refractivity contribution in [2.75, 3.05) is 6.61 Å². The Morgan fingerprint density at radius 2 is 1.63 bits per heavy atom. The van der Waals surface area contributed by atoms with E-state index in [1.54, 1.807) is 30.3 Å². The fraction of sp³-hybridized carbons (Fsp3) is 0.250. The first-order chi connectivity index (χ1) is 8.79. The first-order valence-electron chi connectivity index (χ1n) is 5.14. The number of hydrogen-bond donors (Lipinski definition) is 0. The van der Waals surface area contributed by atoms with Crippen molar-refractivity contribution in [3.63, 3.8) is 0 Å². The van der Waals surface area contributed by atoms with E-state index in [-0.39, 0.29) is 0 Å². The first-order valence-corrected chi connectivity index (χ1v) is 6.28. The van der Waals surface area contributed by atoms with E-state index < -0.39 is 34.4 Å². The molecule has 4 nitrogen and oxygen atoms in total. The molecule has 0 bridgehead atoms. The van der Waals surface area contributed by atoms with Gasteiger partial charge in [0.05, 0.1) is 6.42 Å². The Morgan fingerprint density at radius 3 is 2.16 bits per heavy atom. The SMILES string of the molecule is O=C(CC(=O)c1ccccc1)C(=O)OCC(Cl)(Cl)Cl. The number of benzene rings is 1. The van der Waals surface area contributed by atoms with Crippen molar-refractivity contribution in [1.82, 2.24) is 0 Å². The molecule has 1 aromatic rings. The molecule has 0 unspecified atom stereocenters. The maximum absolute atomic E-state index is 11.7. The Kier molecular flexibility index (Phi) is 5.79. The van der Waals surface area contributed by atoms with Crippen LogP contribution >= 0.6 is 34.8 Å². The summed E-state index contributed by atoms with van der Waals surface area (Å²) in [5.41, 5.74) is 0.338.